The molecule has 0 saturated heterocycles. The van der Waals surface area contributed by atoms with Crippen molar-refractivity contribution in [2.75, 3.05) is 11.9 Å². The fourth-order valence-electron chi connectivity index (χ4n) is 2.61. The predicted molar refractivity (Wildman–Crippen MR) is 106 cm³/mol. The zero-order valence-corrected chi connectivity index (χ0v) is 16.4. The zero-order valence-electron chi connectivity index (χ0n) is 15.6. The van der Waals surface area contributed by atoms with Crippen molar-refractivity contribution in [3.8, 4) is 5.69 Å². The summed E-state index contributed by atoms with van der Waals surface area (Å²) >= 11 is 1.47. The van der Waals surface area contributed by atoms with E-state index in [1.54, 1.807) is 10.9 Å². The molecular weight excluding hydrogens is 362 g/mol. The minimum atomic E-state index is -0.510. The molecule has 0 saturated carbocycles. The van der Waals surface area contributed by atoms with Crippen LogP contribution in [-0.4, -0.2) is 39.3 Å². The topological polar surface area (TPSA) is 83.3 Å². The fourth-order valence-corrected chi connectivity index (χ4v) is 3.39. The minimum Gasteiger partial charge on any atom is -0.374 e. The lowest BCUT2D eigenvalue weighted by atomic mass is 10.2. The van der Waals surface area contributed by atoms with E-state index in [1.165, 1.54) is 11.3 Å². The summed E-state index contributed by atoms with van der Waals surface area (Å²) in [7, 11) is 1.86. The number of aryl methyl sites for hydroxylation is 1. The van der Waals surface area contributed by atoms with E-state index in [0.717, 1.165) is 16.3 Å². The number of nitrogens with one attached hydrogen (secondary N) is 1. The van der Waals surface area contributed by atoms with E-state index in [2.05, 4.69) is 15.6 Å². The summed E-state index contributed by atoms with van der Waals surface area (Å²) in [5.74, 6) is -0.107. The summed E-state index contributed by atoms with van der Waals surface area (Å²) in [5, 5.41) is 21.0. The highest BCUT2D eigenvalue weighted by molar-refractivity contribution is 7.13. The van der Waals surface area contributed by atoms with E-state index in [-0.39, 0.29) is 5.91 Å². The van der Waals surface area contributed by atoms with E-state index in [1.807, 2.05) is 62.2 Å². The molecule has 0 spiro atoms. The van der Waals surface area contributed by atoms with Gasteiger partial charge >= 0.3 is 0 Å². The van der Waals surface area contributed by atoms with Crippen LogP contribution in [0, 0.1) is 6.92 Å². The predicted octanol–water partition coefficient (Wildman–Crippen LogP) is 2.73. The Bertz CT molecular complexity index is 903. The van der Waals surface area contributed by atoms with Gasteiger partial charge in [-0.3, -0.25) is 4.79 Å². The Hall–Kier alpha value is -2.71. The first kappa shape index (κ1) is 19.1. The molecule has 2 heterocycles. The molecule has 2 N–H and O–H groups in total. The number of hydrogen-bond donors (Lipinski definition) is 2. The second-order valence-corrected chi connectivity index (χ2v) is 7.55. The number of thiophene rings is 1. The molecule has 1 aromatic carbocycles. The highest BCUT2D eigenvalue weighted by Gasteiger charge is 2.11. The Morgan fingerprint density at radius 1 is 1.30 bits per heavy atom. The third kappa shape index (κ3) is 4.53. The molecule has 7 nitrogen and oxygen atoms in total. The molecule has 0 bridgehead atoms. The molecule has 0 fully saturated rings. The van der Waals surface area contributed by atoms with Gasteiger partial charge in [-0.15, -0.1) is 16.4 Å². The Morgan fingerprint density at radius 2 is 2.04 bits per heavy atom. The van der Waals surface area contributed by atoms with Gasteiger partial charge in [0.25, 0.3) is 5.91 Å². The first-order valence-corrected chi connectivity index (χ1v) is 9.56. The quantitative estimate of drug-likeness (QED) is 0.611. The molecule has 27 heavy (non-hydrogen) atoms. The molecule has 3 rings (SSSR count). The number of amides is 1. The first-order chi connectivity index (χ1) is 13.0. The zero-order chi connectivity index (χ0) is 19.4. The molecule has 1 unspecified atom stereocenters. The maximum atomic E-state index is 12.1. The van der Waals surface area contributed by atoms with Gasteiger partial charge in [-0.25, -0.2) is 4.68 Å². The van der Waals surface area contributed by atoms with Crippen LogP contribution in [0.15, 0.2) is 42.6 Å². The van der Waals surface area contributed by atoms with Crippen molar-refractivity contribution < 1.29 is 9.90 Å². The lowest BCUT2D eigenvalue weighted by molar-refractivity contribution is 0.0954. The maximum absolute atomic E-state index is 12.1. The number of carbonyl (C=O) groups is 1. The molecule has 0 aliphatic heterocycles. The van der Waals surface area contributed by atoms with Crippen LogP contribution < -0.4 is 10.2 Å². The highest BCUT2D eigenvalue weighted by atomic mass is 32.1. The van der Waals surface area contributed by atoms with E-state index in [4.69, 9.17) is 0 Å². The van der Waals surface area contributed by atoms with Crippen molar-refractivity contribution in [3.05, 3.63) is 58.0 Å². The number of aromatic nitrogens is 3. The van der Waals surface area contributed by atoms with Gasteiger partial charge in [0.2, 0.25) is 0 Å². The van der Waals surface area contributed by atoms with Gasteiger partial charge in [-0.05, 0) is 49.7 Å². The van der Waals surface area contributed by atoms with Crippen LogP contribution >= 0.6 is 11.3 Å². The minimum absolute atomic E-state index is 0.107. The molecule has 0 aliphatic rings. The molecular formula is C19H23N5O2S. The number of nitrogens with zero attached hydrogens (tertiary/aromatic N) is 4. The van der Waals surface area contributed by atoms with Crippen LogP contribution in [0.5, 0.6) is 0 Å². The van der Waals surface area contributed by atoms with Gasteiger partial charge in [0.05, 0.1) is 23.3 Å². The van der Waals surface area contributed by atoms with Crippen LogP contribution in [0.4, 0.5) is 5.69 Å². The lowest BCUT2D eigenvalue weighted by Gasteiger charge is -2.24. The number of benzene rings is 1. The van der Waals surface area contributed by atoms with Crippen molar-refractivity contribution in [2.24, 2.45) is 0 Å². The third-order valence-electron chi connectivity index (χ3n) is 4.27. The molecule has 142 valence electrons. The van der Waals surface area contributed by atoms with Crippen molar-refractivity contribution in [1.82, 2.24) is 20.3 Å². The second kappa shape index (κ2) is 8.32. The number of carbonyl (C=O) groups excluding carboxylic acids is 1. The van der Waals surface area contributed by atoms with Gasteiger partial charge < -0.3 is 15.3 Å². The van der Waals surface area contributed by atoms with Crippen LogP contribution in [0.25, 0.3) is 5.69 Å². The van der Waals surface area contributed by atoms with Gasteiger partial charge in [-0.2, -0.15) is 0 Å². The van der Waals surface area contributed by atoms with Crippen LogP contribution in [0.2, 0.25) is 0 Å². The molecule has 1 amide bonds. The van der Waals surface area contributed by atoms with E-state index >= 15 is 0 Å². The average Bonchev–Trinajstić information content (AvgIpc) is 3.34. The van der Waals surface area contributed by atoms with Crippen LogP contribution in [0.1, 0.15) is 33.6 Å². The standard InChI is InChI=1S/C19H23N5O2S/c1-4-18(25)23(3)15-6-8-16(9-7-15)24-12-14(21-22-24)11-20-19(26)17-10-5-13(2)27-17/h5-10,12,18,25H,4,11H2,1-3H3,(H,20,26). The highest BCUT2D eigenvalue weighted by Crippen LogP contribution is 2.18. The number of aliphatic hydroxyl groups is 1. The number of anilines is 1. The summed E-state index contributed by atoms with van der Waals surface area (Å²) in [6.07, 6.45) is 1.94. The van der Waals surface area contributed by atoms with Gasteiger partial charge in [0.15, 0.2) is 0 Å². The smallest absolute Gasteiger partial charge is 0.261 e. The van der Waals surface area contributed by atoms with Crippen molar-refractivity contribution in [3.63, 3.8) is 0 Å². The van der Waals surface area contributed by atoms with Crippen molar-refractivity contribution in [2.45, 2.75) is 33.0 Å². The van der Waals surface area contributed by atoms with Gasteiger partial charge in [0, 0.05) is 17.6 Å². The Balaban J connectivity index is 1.62. The monoisotopic (exact) mass is 385 g/mol. The molecule has 0 radical (unpaired) electrons. The Labute approximate surface area is 162 Å². The van der Waals surface area contributed by atoms with Gasteiger partial charge in [-0.1, -0.05) is 12.1 Å². The molecule has 8 heteroatoms. The Kier molecular flexibility index (Phi) is 5.88. The summed E-state index contributed by atoms with van der Waals surface area (Å²) in [6.45, 7) is 4.23. The summed E-state index contributed by atoms with van der Waals surface area (Å²) < 4.78 is 1.66. The molecule has 3 aromatic rings. The second-order valence-electron chi connectivity index (χ2n) is 6.26. The number of rotatable bonds is 7. The van der Waals surface area contributed by atoms with Crippen molar-refractivity contribution >= 4 is 22.9 Å². The maximum Gasteiger partial charge on any atom is 0.261 e. The van der Waals surface area contributed by atoms with E-state index in [9.17, 15) is 9.90 Å². The van der Waals surface area contributed by atoms with Crippen LogP contribution in [0.3, 0.4) is 0 Å². The van der Waals surface area contributed by atoms with E-state index in [0.29, 0.717) is 23.5 Å². The number of hydrogen-bond acceptors (Lipinski definition) is 6. The SMILES string of the molecule is CCC(O)N(C)c1ccc(-n2cc(CNC(=O)c3ccc(C)s3)nn2)cc1. The van der Waals surface area contributed by atoms with Gasteiger partial charge in [0.1, 0.15) is 11.9 Å². The van der Waals surface area contributed by atoms with Crippen LogP contribution in [-0.2, 0) is 6.54 Å². The van der Waals surface area contributed by atoms with E-state index < -0.39 is 6.23 Å². The largest absolute Gasteiger partial charge is 0.374 e. The van der Waals surface area contributed by atoms with Crippen molar-refractivity contribution in [1.29, 1.82) is 0 Å². The summed E-state index contributed by atoms with van der Waals surface area (Å²) in [5.41, 5.74) is 2.46. The first-order valence-electron chi connectivity index (χ1n) is 8.75. The fraction of sp³-hybridized carbons (Fsp3) is 0.316. The Morgan fingerprint density at radius 3 is 2.67 bits per heavy atom. The third-order valence-corrected chi connectivity index (χ3v) is 5.27. The number of aliphatic hydroxyl groups excluding tert-OH is 1. The summed E-state index contributed by atoms with van der Waals surface area (Å²) in [6, 6.07) is 11.4. The normalized spacial score (nSPS) is 12.0. The lowest BCUT2D eigenvalue weighted by Crippen LogP contribution is -2.30. The molecule has 2 aromatic heterocycles. The average molecular weight is 385 g/mol. The summed E-state index contributed by atoms with van der Waals surface area (Å²) in [4.78, 5) is 15.7. The molecule has 1 atom stereocenters. The molecule has 0 aliphatic carbocycles.